The topological polar surface area (TPSA) is 63.7 Å². The fraction of sp³-hybridized carbons (Fsp3) is 0.200. The summed E-state index contributed by atoms with van der Waals surface area (Å²) in [5.41, 5.74) is 2.74. The Morgan fingerprint density at radius 1 is 1.19 bits per heavy atom. The van der Waals surface area contributed by atoms with Crippen LogP contribution in [-0.2, 0) is 13.1 Å². The van der Waals surface area contributed by atoms with Crippen LogP contribution < -0.4 is 14.8 Å². The molecule has 2 aliphatic rings. The first-order valence-electron chi connectivity index (χ1n) is 6.68. The summed E-state index contributed by atoms with van der Waals surface area (Å²) in [5.74, 6) is 1.35. The molecule has 2 aromatic rings. The van der Waals surface area contributed by atoms with E-state index < -0.39 is 0 Å². The van der Waals surface area contributed by atoms with Crippen molar-refractivity contribution in [3.8, 4) is 11.5 Å². The van der Waals surface area contributed by atoms with Crippen molar-refractivity contribution in [3.05, 3.63) is 47.8 Å². The number of hydrogen-bond acceptors (Lipinski definition) is 4. The minimum atomic E-state index is -0.146. The Morgan fingerprint density at radius 2 is 2.10 bits per heavy atom. The van der Waals surface area contributed by atoms with Crippen LogP contribution in [0.15, 0.2) is 36.5 Å². The summed E-state index contributed by atoms with van der Waals surface area (Å²) >= 11 is 0. The van der Waals surface area contributed by atoms with E-state index in [1.165, 1.54) is 0 Å². The van der Waals surface area contributed by atoms with Crippen LogP contribution in [0.3, 0.4) is 0 Å². The Hall–Kier alpha value is -2.76. The van der Waals surface area contributed by atoms with Gasteiger partial charge in [0.2, 0.25) is 6.79 Å². The monoisotopic (exact) mass is 283 g/mol. The maximum absolute atomic E-state index is 12.3. The van der Waals surface area contributed by atoms with Gasteiger partial charge in [-0.2, -0.15) is 0 Å². The van der Waals surface area contributed by atoms with E-state index in [2.05, 4.69) is 10.3 Å². The molecule has 0 saturated carbocycles. The zero-order chi connectivity index (χ0) is 14.2. The third-order valence-corrected chi connectivity index (χ3v) is 3.60. The molecule has 1 N–H and O–H groups in total. The fourth-order valence-corrected chi connectivity index (χ4v) is 2.52. The maximum atomic E-state index is 12.3. The lowest BCUT2D eigenvalue weighted by atomic mass is 10.2. The summed E-state index contributed by atoms with van der Waals surface area (Å²) < 4.78 is 10.5. The van der Waals surface area contributed by atoms with Gasteiger partial charge in [0.1, 0.15) is 0 Å². The number of carbonyl (C=O) groups is 1. The molecule has 1 aromatic heterocycles. The Labute approximate surface area is 121 Å². The maximum Gasteiger partial charge on any atom is 0.322 e. The average molecular weight is 283 g/mol. The van der Waals surface area contributed by atoms with Gasteiger partial charge < -0.3 is 19.7 Å². The third kappa shape index (κ3) is 2.14. The van der Waals surface area contributed by atoms with Crippen LogP contribution in [-0.4, -0.2) is 22.7 Å². The van der Waals surface area contributed by atoms with Gasteiger partial charge in [0.05, 0.1) is 12.2 Å². The Balaban J connectivity index is 1.47. The highest BCUT2D eigenvalue weighted by Crippen LogP contribution is 2.34. The molecule has 3 heterocycles. The van der Waals surface area contributed by atoms with Crippen LogP contribution in [0.5, 0.6) is 11.5 Å². The lowest BCUT2D eigenvalue weighted by molar-refractivity contribution is 0.174. The molecule has 0 atom stereocenters. The number of fused-ring (bicyclic) bond motifs is 2. The number of nitrogens with zero attached hydrogens (tertiary/aromatic N) is 2. The summed E-state index contributed by atoms with van der Waals surface area (Å²) in [7, 11) is 0. The highest BCUT2D eigenvalue weighted by atomic mass is 16.7. The molecule has 4 rings (SSSR count). The Morgan fingerprint density at radius 3 is 3.00 bits per heavy atom. The van der Waals surface area contributed by atoms with Crippen molar-refractivity contribution in [3.63, 3.8) is 0 Å². The summed E-state index contributed by atoms with van der Waals surface area (Å²) in [6, 6.07) is 9.09. The molecule has 2 aliphatic heterocycles. The molecule has 0 unspecified atom stereocenters. The molecule has 0 saturated heterocycles. The summed E-state index contributed by atoms with van der Waals surface area (Å²) in [6.45, 7) is 1.34. The number of ether oxygens (including phenoxy) is 2. The van der Waals surface area contributed by atoms with Gasteiger partial charge in [0.15, 0.2) is 11.5 Å². The molecule has 1 aromatic carbocycles. The van der Waals surface area contributed by atoms with E-state index in [0.717, 1.165) is 11.3 Å². The van der Waals surface area contributed by atoms with E-state index in [4.69, 9.17) is 9.47 Å². The Kier molecular flexibility index (Phi) is 2.67. The quantitative estimate of drug-likeness (QED) is 0.872. The van der Waals surface area contributed by atoms with E-state index in [1.54, 1.807) is 29.3 Å². The molecular weight excluding hydrogens is 270 g/mol. The predicted molar refractivity (Wildman–Crippen MR) is 75.1 cm³/mol. The molecule has 0 spiro atoms. The van der Waals surface area contributed by atoms with Crippen molar-refractivity contribution < 1.29 is 14.3 Å². The van der Waals surface area contributed by atoms with Crippen LogP contribution in [0.4, 0.5) is 10.5 Å². The van der Waals surface area contributed by atoms with Crippen molar-refractivity contribution in [2.45, 2.75) is 13.1 Å². The van der Waals surface area contributed by atoms with Crippen molar-refractivity contribution in [2.75, 3.05) is 12.1 Å². The number of benzene rings is 1. The summed E-state index contributed by atoms with van der Waals surface area (Å²) in [5, 5.41) is 2.87. The van der Waals surface area contributed by atoms with Gasteiger partial charge in [-0.1, -0.05) is 6.07 Å². The number of hydrogen-bond donors (Lipinski definition) is 1. The fourth-order valence-electron chi connectivity index (χ4n) is 2.52. The summed E-state index contributed by atoms with van der Waals surface area (Å²) in [6.07, 6.45) is 1.75. The smallest absolute Gasteiger partial charge is 0.322 e. The van der Waals surface area contributed by atoms with Gasteiger partial charge in [-0.25, -0.2) is 4.79 Å². The van der Waals surface area contributed by atoms with E-state index >= 15 is 0 Å². The van der Waals surface area contributed by atoms with E-state index in [0.29, 0.717) is 30.3 Å². The van der Waals surface area contributed by atoms with Gasteiger partial charge in [0, 0.05) is 24.5 Å². The number of carbonyl (C=O) groups excluding carboxylic acids is 1. The molecule has 0 aliphatic carbocycles. The lowest BCUT2D eigenvalue weighted by Gasteiger charge is -2.16. The molecule has 106 valence electrons. The molecule has 2 amide bonds. The zero-order valence-corrected chi connectivity index (χ0v) is 11.2. The number of aromatic nitrogens is 1. The van der Waals surface area contributed by atoms with Crippen molar-refractivity contribution in [2.24, 2.45) is 0 Å². The van der Waals surface area contributed by atoms with Crippen molar-refractivity contribution in [1.29, 1.82) is 0 Å². The first-order valence-corrected chi connectivity index (χ1v) is 6.68. The normalized spacial score (nSPS) is 15.0. The second-order valence-corrected chi connectivity index (χ2v) is 4.96. The molecule has 0 radical (unpaired) electrons. The number of nitrogens with one attached hydrogen (secondary N) is 1. The second-order valence-electron chi connectivity index (χ2n) is 4.96. The SMILES string of the molecule is O=C(Nc1ccc2c(c1)OCO2)N1Cc2cccnc2C1. The van der Waals surface area contributed by atoms with Crippen LogP contribution in [0.25, 0.3) is 0 Å². The van der Waals surface area contributed by atoms with Crippen LogP contribution >= 0.6 is 0 Å². The number of pyridine rings is 1. The molecule has 0 bridgehead atoms. The first-order chi connectivity index (χ1) is 10.3. The molecule has 6 nitrogen and oxygen atoms in total. The number of anilines is 1. The average Bonchev–Trinajstić information content (AvgIpc) is 3.13. The van der Waals surface area contributed by atoms with Crippen molar-refractivity contribution in [1.82, 2.24) is 9.88 Å². The van der Waals surface area contributed by atoms with E-state index in [1.807, 2.05) is 12.1 Å². The van der Waals surface area contributed by atoms with Crippen molar-refractivity contribution >= 4 is 11.7 Å². The minimum absolute atomic E-state index is 0.146. The molecular formula is C15H13N3O3. The van der Waals surface area contributed by atoms with E-state index in [-0.39, 0.29) is 12.8 Å². The van der Waals surface area contributed by atoms with Gasteiger partial charge >= 0.3 is 6.03 Å². The van der Waals surface area contributed by atoms with Crippen LogP contribution in [0, 0.1) is 0 Å². The van der Waals surface area contributed by atoms with Crippen LogP contribution in [0.2, 0.25) is 0 Å². The third-order valence-electron chi connectivity index (χ3n) is 3.60. The molecule has 0 fully saturated rings. The second kappa shape index (κ2) is 4.66. The number of amides is 2. The number of rotatable bonds is 1. The highest BCUT2D eigenvalue weighted by molar-refractivity contribution is 5.90. The van der Waals surface area contributed by atoms with Gasteiger partial charge in [-0.15, -0.1) is 0 Å². The first kappa shape index (κ1) is 12.0. The highest BCUT2D eigenvalue weighted by Gasteiger charge is 2.24. The van der Waals surface area contributed by atoms with Gasteiger partial charge in [-0.3, -0.25) is 4.98 Å². The lowest BCUT2D eigenvalue weighted by Crippen LogP contribution is -2.30. The van der Waals surface area contributed by atoms with E-state index in [9.17, 15) is 4.79 Å². The van der Waals surface area contributed by atoms with Gasteiger partial charge in [-0.05, 0) is 23.8 Å². The Bertz CT molecular complexity index is 692. The van der Waals surface area contributed by atoms with Crippen LogP contribution in [0.1, 0.15) is 11.3 Å². The van der Waals surface area contributed by atoms with Gasteiger partial charge in [0.25, 0.3) is 0 Å². The predicted octanol–water partition coefficient (Wildman–Crippen LogP) is 2.36. The minimum Gasteiger partial charge on any atom is -0.454 e. The number of urea groups is 1. The standard InChI is InChI=1S/C15H13N3O3/c19-15(18-7-10-2-1-5-16-12(10)8-18)17-11-3-4-13-14(6-11)21-9-20-13/h1-6H,7-9H2,(H,17,19). The molecule has 6 heteroatoms. The summed E-state index contributed by atoms with van der Waals surface area (Å²) in [4.78, 5) is 18.3. The zero-order valence-electron chi connectivity index (χ0n) is 11.2. The largest absolute Gasteiger partial charge is 0.454 e. The molecule has 21 heavy (non-hydrogen) atoms.